The fourth-order valence-electron chi connectivity index (χ4n) is 0.914. The molecule has 0 aromatic heterocycles. The maximum absolute atomic E-state index is 4.75. The average molecular weight is 157 g/mol. The molecule has 0 fully saturated rings. The summed E-state index contributed by atoms with van der Waals surface area (Å²) < 4.78 is 0. The van der Waals surface area contributed by atoms with Crippen LogP contribution in [0.1, 0.15) is 34.1 Å². The molecule has 0 unspecified atom stereocenters. The summed E-state index contributed by atoms with van der Waals surface area (Å²) >= 11 is 0. The fourth-order valence-corrected chi connectivity index (χ4v) is 0.914. The van der Waals surface area contributed by atoms with E-state index in [2.05, 4.69) is 32.9 Å². The van der Waals surface area contributed by atoms with Crippen LogP contribution in [0.4, 0.5) is 0 Å². The van der Waals surface area contributed by atoms with Gasteiger partial charge < -0.3 is 4.84 Å². The van der Waals surface area contributed by atoms with Gasteiger partial charge in [-0.3, -0.25) is 0 Å². The Morgan fingerprint density at radius 3 is 2.09 bits per heavy atom. The average Bonchev–Trinajstić information content (AvgIpc) is 1.86. The Morgan fingerprint density at radius 2 is 1.82 bits per heavy atom. The van der Waals surface area contributed by atoms with Crippen molar-refractivity contribution in [3.05, 3.63) is 0 Å². The molecule has 66 valence electrons. The first-order valence-electron chi connectivity index (χ1n) is 4.17. The van der Waals surface area contributed by atoms with Crippen molar-refractivity contribution >= 4 is 5.71 Å². The highest BCUT2D eigenvalue weighted by molar-refractivity contribution is 5.85. The van der Waals surface area contributed by atoms with Crippen LogP contribution in [-0.2, 0) is 4.84 Å². The normalized spacial score (nSPS) is 12.8. The summed E-state index contributed by atoms with van der Waals surface area (Å²) in [5.41, 5.74) is 1.16. The van der Waals surface area contributed by atoms with E-state index in [1.165, 1.54) is 0 Å². The lowest BCUT2D eigenvalue weighted by Crippen LogP contribution is -2.11. The summed E-state index contributed by atoms with van der Waals surface area (Å²) in [7, 11) is 1.60. The van der Waals surface area contributed by atoms with Gasteiger partial charge in [-0.05, 0) is 18.3 Å². The molecule has 0 saturated heterocycles. The summed E-state index contributed by atoms with van der Waals surface area (Å²) in [6.45, 7) is 8.65. The first-order valence-corrected chi connectivity index (χ1v) is 4.17. The topological polar surface area (TPSA) is 21.6 Å². The van der Waals surface area contributed by atoms with E-state index in [1.54, 1.807) is 7.11 Å². The zero-order valence-corrected chi connectivity index (χ0v) is 8.22. The van der Waals surface area contributed by atoms with Gasteiger partial charge in [0.15, 0.2) is 0 Å². The van der Waals surface area contributed by atoms with Crippen molar-refractivity contribution in [2.75, 3.05) is 7.11 Å². The minimum atomic E-state index is 0.498. The molecule has 0 bridgehead atoms. The summed E-state index contributed by atoms with van der Waals surface area (Å²) in [4.78, 5) is 4.75. The smallest absolute Gasteiger partial charge is 0.106 e. The minimum Gasteiger partial charge on any atom is -0.399 e. The van der Waals surface area contributed by atoms with E-state index < -0.39 is 0 Å². The molecule has 0 aromatic rings. The van der Waals surface area contributed by atoms with Gasteiger partial charge in [0.25, 0.3) is 0 Å². The van der Waals surface area contributed by atoms with Crippen LogP contribution < -0.4 is 0 Å². The second kappa shape index (κ2) is 5.16. The molecule has 2 heteroatoms. The molecular formula is C9H19NO. The van der Waals surface area contributed by atoms with E-state index in [-0.39, 0.29) is 0 Å². The zero-order chi connectivity index (χ0) is 8.85. The number of hydrogen-bond donors (Lipinski definition) is 0. The number of rotatable bonds is 4. The molecule has 0 saturated carbocycles. The second-order valence-electron chi connectivity index (χ2n) is 3.52. The highest BCUT2D eigenvalue weighted by Crippen LogP contribution is 2.09. The van der Waals surface area contributed by atoms with Crippen LogP contribution >= 0.6 is 0 Å². The Morgan fingerprint density at radius 1 is 1.27 bits per heavy atom. The quantitative estimate of drug-likeness (QED) is 0.454. The Kier molecular flexibility index (Phi) is 4.92. The lowest BCUT2D eigenvalue weighted by Gasteiger charge is -2.10. The van der Waals surface area contributed by atoms with Crippen molar-refractivity contribution in [2.45, 2.75) is 34.1 Å². The molecule has 0 aromatic carbocycles. The van der Waals surface area contributed by atoms with Gasteiger partial charge in [0.1, 0.15) is 7.11 Å². The number of oxime groups is 1. The molecule has 0 aliphatic rings. The van der Waals surface area contributed by atoms with Gasteiger partial charge in [-0.15, -0.1) is 0 Å². The van der Waals surface area contributed by atoms with Crippen molar-refractivity contribution in [2.24, 2.45) is 17.0 Å². The van der Waals surface area contributed by atoms with Gasteiger partial charge in [-0.25, -0.2) is 0 Å². The third-order valence-electron chi connectivity index (χ3n) is 1.49. The molecular weight excluding hydrogens is 138 g/mol. The van der Waals surface area contributed by atoms with Crippen LogP contribution in [0.3, 0.4) is 0 Å². The van der Waals surface area contributed by atoms with E-state index in [4.69, 9.17) is 4.84 Å². The Bertz CT molecular complexity index is 128. The van der Waals surface area contributed by atoms with E-state index in [1.807, 2.05) is 0 Å². The molecule has 0 amide bonds. The standard InChI is InChI=1S/C9H19NO/c1-7(2)6-9(8(3)4)10-11-5/h7-8H,6H2,1-5H3. The van der Waals surface area contributed by atoms with Crippen molar-refractivity contribution in [1.82, 2.24) is 0 Å². The molecule has 0 spiro atoms. The highest BCUT2D eigenvalue weighted by Gasteiger charge is 2.07. The first-order chi connectivity index (χ1) is 5.07. The van der Waals surface area contributed by atoms with Crippen LogP contribution in [0.25, 0.3) is 0 Å². The molecule has 0 radical (unpaired) electrons. The second-order valence-corrected chi connectivity index (χ2v) is 3.52. The Labute approximate surface area is 69.6 Å². The van der Waals surface area contributed by atoms with Gasteiger partial charge >= 0.3 is 0 Å². The lowest BCUT2D eigenvalue weighted by atomic mass is 9.98. The first kappa shape index (κ1) is 10.5. The third kappa shape index (κ3) is 4.82. The summed E-state index contributed by atoms with van der Waals surface area (Å²) in [6, 6.07) is 0. The maximum atomic E-state index is 4.75. The van der Waals surface area contributed by atoms with Crippen molar-refractivity contribution in [1.29, 1.82) is 0 Å². The van der Waals surface area contributed by atoms with E-state index in [0.29, 0.717) is 11.8 Å². The summed E-state index contributed by atoms with van der Waals surface area (Å²) in [5, 5.41) is 3.98. The van der Waals surface area contributed by atoms with E-state index in [9.17, 15) is 0 Å². The van der Waals surface area contributed by atoms with Gasteiger partial charge in [0.2, 0.25) is 0 Å². The van der Waals surface area contributed by atoms with Crippen LogP contribution in [-0.4, -0.2) is 12.8 Å². The predicted molar refractivity (Wildman–Crippen MR) is 48.7 cm³/mol. The van der Waals surface area contributed by atoms with E-state index in [0.717, 1.165) is 12.1 Å². The lowest BCUT2D eigenvalue weighted by molar-refractivity contribution is 0.210. The molecule has 0 atom stereocenters. The van der Waals surface area contributed by atoms with Gasteiger partial charge in [0, 0.05) is 0 Å². The van der Waals surface area contributed by atoms with Crippen molar-refractivity contribution in [3.63, 3.8) is 0 Å². The Hall–Kier alpha value is -0.530. The molecule has 11 heavy (non-hydrogen) atoms. The predicted octanol–water partition coefficient (Wildman–Crippen LogP) is 2.69. The molecule has 0 N–H and O–H groups in total. The van der Waals surface area contributed by atoms with Crippen LogP contribution in [0, 0.1) is 11.8 Å². The monoisotopic (exact) mass is 157 g/mol. The van der Waals surface area contributed by atoms with Crippen LogP contribution in [0.2, 0.25) is 0 Å². The van der Waals surface area contributed by atoms with Crippen LogP contribution in [0.5, 0.6) is 0 Å². The van der Waals surface area contributed by atoms with Gasteiger partial charge in [-0.2, -0.15) is 0 Å². The van der Waals surface area contributed by atoms with E-state index >= 15 is 0 Å². The molecule has 0 aliphatic heterocycles. The molecule has 0 rings (SSSR count). The number of hydrogen-bond acceptors (Lipinski definition) is 2. The van der Waals surface area contributed by atoms with Gasteiger partial charge in [0.05, 0.1) is 5.71 Å². The highest BCUT2D eigenvalue weighted by atomic mass is 16.6. The number of nitrogens with zero attached hydrogens (tertiary/aromatic N) is 1. The Balaban J connectivity index is 4.01. The largest absolute Gasteiger partial charge is 0.399 e. The van der Waals surface area contributed by atoms with Crippen LogP contribution in [0.15, 0.2) is 5.16 Å². The minimum absolute atomic E-state index is 0.498. The molecule has 2 nitrogen and oxygen atoms in total. The summed E-state index contributed by atoms with van der Waals surface area (Å²) in [5.74, 6) is 1.16. The van der Waals surface area contributed by atoms with Crippen molar-refractivity contribution < 1.29 is 4.84 Å². The maximum Gasteiger partial charge on any atom is 0.106 e. The van der Waals surface area contributed by atoms with Gasteiger partial charge in [-0.1, -0.05) is 32.9 Å². The summed E-state index contributed by atoms with van der Waals surface area (Å²) in [6.07, 6.45) is 1.03. The fraction of sp³-hybridized carbons (Fsp3) is 0.889. The zero-order valence-electron chi connectivity index (χ0n) is 8.22. The SMILES string of the molecule is CON=C(CC(C)C)C(C)C. The third-order valence-corrected chi connectivity index (χ3v) is 1.49. The molecule has 0 aliphatic carbocycles. The molecule has 0 heterocycles. The van der Waals surface area contributed by atoms with Crippen molar-refractivity contribution in [3.8, 4) is 0 Å².